The topological polar surface area (TPSA) is 55.2 Å². The summed E-state index contributed by atoms with van der Waals surface area (Å²) in [6.45, 7) is -0.0558. The largest absolute Gasteiger partial charge is 0.376 e. The minimum absolute atomic E-state index is 0.0558. The Labute approximate surface area is 125 Å². The van der Waals surface area contributed by atoms with Crippen LogP contribution in [0.1, 0.15) is 5.56 Å². The van der Waals surface area contributed by atoms with Crippen LogP contribution in [0.2, 0.25) is 0 Å². The molecule has 21 heavy (non-hydrogen) atoms. The first-order chi connectivity index (χ1) is 9.86. The number of hydrogen-bond donors (Lipinski definition) is 1. The van der Waals surface area contributed by atoms with Gasteiger partial charge >= 0.3 is 0 Å². The minimum atomic E-state index is -1.07. The van der Waals surface area contributed by atoms with Crippen molar-refractivity contribution in [1.29, 1.82) is 0 Å². The molecule has 0 radical (unpaired) electrons. The zero-order valence-electron chi connectivity index (χ0n) is 10.4. The highest BCUT2D eigenvalue weighted by Gasteiger charge is 2.13. The lowest BCUT2D eigenvalue weighted by atomic mass is 10.2. The molecule has 0 aliphatic carbocycles. The van der Waals surface area contributed by atoms with Gasteiger partial charge in [0.05, 0.1) is 4.92 Å². The average molecular weight is 361 g/mol. The lowest BCUT2D eigenvalue weighted by Crippen LogP contribution is -2.05. The second-order valence-electron chi connectivity index (χ2n) is 4.17. The zero-order chi connectivity index (χ0) is 15.6. The molecule has 4 nitrogen and oxygen atoms in total. The molecule has 0 saturated carbocycles. The third-order valence-electron chi connectivity index (χ3n) is 2.63. The molecule has 0 bridgehead atoms. The molecule has 8 heteroatoms. The molecular formula is C13H8BrF3N2O2. The molecule has 0 fully saturated rings. The van der Waals surface area contributed by atoms with Crippen molar-refractivity contribution >= 4 is 27.3 Å². The summed E-state index contributed by atoms with van der Waals surface area (Å²) < 4.78 is 40.1. The molecule has 110 valence electrons. The molecule has 0 aliphatic rings. The van der Waals surface area contributed by atoms with Gasteiger partial charge in [0.25, 0.3) is 5.69 Å². The number of anilines is 1. The predicted octanol–water partition coefficient (Wildman–Crippen LogP) is 4.39. The number of halogens is 4. The van der Waals surface area contributed by atoms with Gasteiger partial charge in [-0.2, -0.15) is 0 Å². The molecule has 2 aromatic carbocycles. The summed E-state index contributed by atoms with van der Waals surface area (Å²) in [6, 6.07) is 5.25. The van der Waals surface area contributed by atoms with E-state index in [1.54, 1.807) is 6.07 Å². The van der Waals surface area contributed by atoms with Gasteiger partial charge in [0.1, 0.15) is 11.5 Å². The van der Waals surface area contributed by atoms with Gasteiger partial charge in [0.2, 0.25) is 0 Å². The summed E-state index contributed by atoms with van der Waals surface area (Å²) in [7, 11) is 0. The van der Waals surface area contributed by atoms with Gasteiger partial charge < -0.3 is 5.32 Å². The van der Waals surface area contributed by atoms with Crippen molar-refractivity contribution in [2.45, 2.75) is 6.54 Å². The number of nitrogens with zero attached hydrogens (tertiary/aromatic N) is 1. The number of nitro benzene ring substituents is 1. The lowest BCUT2D eigenvalue weighted by Gasteiger charge is -2.09. The van der Waals surface area contributed by atoms with Crippen LogP contribution in [0, 0.1) is 27.6 Å². The SMILES string of the molecule is O=[N+]([O-])c1cc(Br)cc(CNc2c(F)cc(F)cc2F)c1. The Bertz CT molecular complexity index is 687. The van der Waals surface area contributed by atoms with Crippen LogP contribution in [-0.2, 0) is 6.54 Å². The van der Waals surface area contributed by atoms with Crippen LogP contribution in [0.4, 0.5) is 24.5 Å². The first-order valence-electron chi connectivity index (χ1n) is 5.69. The summed E-state index contributed by atoms with van der Waals surface area (Å²) in [6.07, 6.45) is 0. The number of non-ortho nitro benzene ring substituents is 1. The van der Waals surface area contributed by atoms with E-state index >= 15 is 0 Å². The van der Waals surface area contributed by atoms with Crippen molar-refractivity contribution in [3.8, 4) is 0 Å². The molecule has 0 spiro atoms. The van der Waals surface area contributed by atoms with Gasteiger partial charge in [-0.15, -0.1) is 0 Å². The van der Waals surface area contributed by atoms with Gasteiger partial charge in [-0.3, -0.25) is 10.1 Å². The van der Waals surface area contributed by atoms with Crippen LogP contribution in [0.15, 0.2) is 34.8 Å². The van der Waals surface area contributed by atoms with Crippen LogP contribution in [-0.4, -0.2) is 4.92 Å². The molecule has 0 aromatic heterocycles. The number of hydrogen-bond acceptors (Lipinski definition) is 3. The summed E-state index contributed by atoms with van der Waals surface area (Å²) in [5, 5.41) is 13.2. The fraction of sp³-hybridized carbons (Fsp3) is 0.0769. The second kappa shape index (κ2) is 6.13. The smallest absolute Gasteiger partial charge is 0.270 e. The molecule has 0 aliphatic heterocycles. The van der Waals surface area contributed by atoms with Crippen LogP contribution < -0.4 is 5.32 Å². The van der Waals surface area contributed by atoms with Crippen LogP contribution in [0.3, 0.4) is 0 Å². The lowest BCUT2D eigenvalue weighted by molar-refractivity contribution is -0.385. The highest BCUT2D eigenvalue weighted by molar-refractivity contribution is 9.10. The second-order valence-corrected chi connectivity index (χ2v) is 5.09. The summed E-state index contributed by atoms with van der Waals surface area (Å²) in [5.74, 6) is -3.16. The number of benzene rings is 2. The van der Waals surface area contributed by atoms with Gasteiger partial charge in [-0.25, -0.2) is 13.2 Å². The Morgan fingerprint density at radius 2 is 1.71 bits per heavy atom. The van der Waals surface area contributed by atoms with E-state index in [1.165, 1.54) is 12.1 Å². The minimum Gasteiger partial charge on any atom is -0.376 e. The summed E-state index contributed by atoms with van der Waals surface area (Å²) in [4.78, 5) is 10.2. The third-order valence-corrected chi connectivity index (χ3v) is 3.09. The molecule has 0 unspecified atom stereocenters. The highest BCUT2D eigenvalue weighted by Crippen LogP contribution is 2.24. The molecular weight excluding hydrogens is 353 g/mol. The Morgan fingerprint density at radius 3 is 2.29 bits per heavy atom. The van der Waals surface area contributed by atoms with E-state index in [0.29, 0.717) is 22.2 Å². The fourth-order valence-corrected chi connectivity index (χ4v) is 2.27. The summed E-state index contributed by atoms with van der Waals surface area (Å²) >= 11 is 3.12. The molecule has 0 amide bonds. The fourth-order valence-electron chi connectivity index (χ4n) is 1.74. The van der Waals surface area contributed by atoms with Crippen LogP contribution in [0.25, 0.3) is 0 Å². The third kappa shape index (κ3) is 3.72. The van der Waals surface area contributed by atoms with Crippen molar-refractivity contribution in [3.63, 3.8) is 0 Å². The molecule has 1 N–H and O–H groups in total. The summed E-state index contributed by atoms with van der Waals surface area (Å²) in [5.41, 5.74) is -0.195. The number of rotatable bonds is 4. The van der Waals surface area contributed by atoms with Crippen molar-refractivity contribution in [1.82, 2.24) is 0 Å². The normalized spacial score (nSPS) is 10.5. The van der Waals surface area contributed by atoms with E-state index in [4.69, 9.17) is 0 Å². The van der Waals surface area contributed by atoms with Crippen LogP contribution in [0.5, 0.6) is 0 Å². The highest BCUT2D eigenvalue weighted by atomic mass is 79.9. The van der Waals surface area contributed by atoms with Gasteiger partial charge in [-0.05, 0) is 11.6 Å². The van der Waals surface area contributed by atoms with E-state index in [1.807, 2.05) is 0 Å². The van der Waals surface area contributed by atoms with E-state index in [2.05, 4.69) is 21.2 Å². The quantitative estimate of drug-likeness (QED) is 0.649. The standard InChI is InChI=1S/C13H8BrF3N2O2/c14-8-1-7(2-10(3-8)19(20)21)6-18-13-11(16)4-9(15)5-12(13)17/h1-5,18H,6H2. The van der Waals surface area contributed by atoms with E-state index < -0.39 is 28.1 Å². The molecule has 0 atom stereocenters. The maximum absolute atomic E-state index is 13.4. The first kappa shape index (κ1) is 15.3. The van der Waals surface area contributed by atoms with E-state index in [-0.39, 0.29) is 12.2 Å². The predicted molar refractivity (Wildman–Crippen MR) is 74.4 cm³/mol. The molecule has 2 aromatic rings. The molecule has 0 heterocycles. The molecule has 2 rings (SSSR count). The van der Waals surface area contributed by atoms with Crippen molar-refractivity contribution in [3.05, 3.63) is 67.9 Å². The van der Waals surface area contributed by atoms with Gasteiger partial charge in [0.15, 0.2) is 11.6 Å². The Hall–Kier alpha value is -2.09. The van der Waals surface area contributed by atoms with Crippen molar-refractivity contribution in [2.75, 3.05) is 5.32 Å². The number of nitrogens with one attached hydrogen (secondary N) is 1. The van der Waals surface area contributed by atoms with Crippen LogP contribution >= 0.6 is 15.9 Å². The Kier molecular flexibility index (Phi) is 4.46. The van der Waals surface area contributed by atoms with Crippen molar-refractivity contribution in [2.24, 2.45) is 0 Å². The Morgan fingerprint density at radius 1 is 1.10 bits per heavy atom. The van der Waals surface area contributed by atoms with Gasteiger partial charge in [0, 0.05) is 35.3 Å². The first-order valence-corrected chi connectivity index (χ1v) is 6.48. The van der Waals surface area contributed by atoms with E-state index in [0.717, 1.165) is 0 Å². The number of nitro groups is 1. The average Bonchev–Trinajstić information content (AvgIpc) is 2.36. The maximum atomic E-state index is 13.4. The zero-order valence-corrected chi connectivity index (χ0v) is 12.0. The molecule has 0 saturated heterocycles. The monoisotopic (exact) mass is 360 g/mol. The maximum Gasteiger partial charge on any atom is 0.270 e. The van der Waals surface area contributed by atoms with Gasteiger partial charge in [-0.1, -0.05) is 15.9 Å². The Balaban J connectivity index is 2.23. The van der Waals surface area contributed by atoms with Crippen molar-refractivity contribution < 1.29 is 18.1 Å². The van der Waals surface area contributed by atoms with E-state index in [9.17, 15) is 23.3 Å².